The first-order valence-electron chi connectivity index (χ1n) is 11.2. The molecule has 7 nitrogen and oxygen atoms in total. The van der Waals surface area contributed by atoms with E-state index < -0.39 is 0 Å². The topological polar surface area (TPSA) is 66.7 Å². The number of aromatic hydroxyl groups is 1. The van der Waals surface area contributed by atoms with Crippen molar-refractivity contribution in [2.24, 2.45) is 7.05 Å². The average Bonchev–Trinajstić information content (AvgIpc) is 3.14. The molecule has 33 heavy (non-hydrogen) atoms. The smallest absolute Gasteiger partial charge is 0.129 e. The van der Waals surface area contributed by atoms with Gasteiger partial charge in [0.25, 0.3) is 0 Å². The van der Waals surface area contributed by atoms with E-state index in [0.29, 0.717) is 11.8 Å². The monoisotopic (exact) mass is 443 g/mol. The third-order valence-corrected chi connectivity index (χ3v) is 6.40. The molecule has 0 bridgehead atoms. The van der Waals surface area contributed by atoms with Crippen LogP contribution in [0.15, 0.2) is 55.0 Å². The maximum atomic E-state index is 10.4. The zero-order chi connectivity index (χ0) is 23.1. The first kappa shape index (κ1) is 21.3. The molecule has 1 aliphatic heterocycles. The molecule has 0 saturated heterocycles. The van der Waals surface area contributed by atoms with Crippen LogP contribution in [0.4, 0.5) is 11.4 Å². The number of anilines is 2. The number of aryl methyl sites for hydroxylation is 1. The molecule has 2 aromatic heterocycles. The minimum absolute atomic E-state index is 0.204. The second-order valence-electron chi connectivity index (χ2n) is 8.87. The Labute approximate surface area is 193 Å². The molecule has 2 aromatic carbocycles. The summed E-state index contributed by atoms with van der Waals surface area (Å²) in [5.74, 6) is 0.916. The largest absolute Gasteiger partial charge is 0.508 e. The molecule has 4 aromatic rings. The van der Waals surface area contributed by atoms with E-state index in [0.717, 1.165) is 58.6 Å². The molecule has 0 fully saturated rings. The number of hydrogen-bond acceptors (Lipinski definition) is 6. The highest BCUT2D eigenvalue weighted by Gasteiger charge is 2.26. The maximum absolute atomic E-state index is 10.4. The number of nitrogens with zero attached hydrogens (tertiary/aromatic N) is 5. The summed E-state index contributed by atoms with van der Waals surface area (Å²) >= 11 is 0. The van der Waals surface area contributed by atoms with Crippen LogP contribution >= 0.6 is 0 Å². The van der Waals surface area contributed by atoms with E-state index in [1.54, 1.807) is 17.9 Å². The number of pyridine rings is 1. The lowest BCUT2D eigenvalue weighted by atomic mass is 10.1. The molecule has 0 aliphatic carbocycles. The third-order valence-electron chi connectivity index (χ3n) is 6.40. The lowest BCUT2D eigenvalue weighted by Gasteiger charge is -2.26. The first-order chi connectivity index (χ1) is 15.9. The fraction of sp³-hybridized carbons (Fsp3) is 0.308. The zero-order valence-corrected chi connectivity index (χ0v) is 19.5. The highest BCUT2D eigenvalue weighted by molar-refractivity contribution is 5.88. The van der Waals surface area contributed by atoms with Gasteiger partial charge in [-0.15, -0.1) is 0 Å². The molecule has 0 saturated carbocycles. The summed E-state index contributed by atoms with van der Waals surface area (Å²) in [5, 5.41) is 15.8. The summed E-state index contributed by atoms with van der Waals surface area (Å²) in [5.41, 5.74) is 6.15. The Morgan fingerprint density at radius 1 is 1.03 bits per heavy atom. The van der Waals surface area contributed by atoms with Gasteiger partial charge in [0.2, 0.25) is 0 Å². The second kappa shape index (κ2) is 8.41. The summed E-state index contributed by atoms with van der Waals surface area (Å²) in [4.78, 5) is 9.37. The van der Waals surface area contributed by atoms with Crippen LogP contribution in [0, 0.1) is 0 Å². The third kappa shape index (κ3) is 4.00. The Bertz CT molecular complexity index is 1310. The summed E-state index contributed by atoms with van der Waals surface area (Å²) in [6.07, 6.45) is 5.74. The number of benzene rings is 2. The van der Waals surface area contributed by atoms with Crippen molar-refractivity contribution in [1.29, 1.82) is 0 Å². The SMILES string of the molecule is COc1cc(O)cc2c1CN(C(C)C)CCN2c1ccc2ncc(-c3cnn(C)c3)cc2c1. The predicted octanol–water partition coefficient (Wildman–Crippen LogP) is 4.71. The second-order valence-corrected chi connectivity index (χ2v) is 8.87. The van der Waals surface area contributed by atoms with E-state index in [9.17, 15) is 5.11 Å². The van der Waals surface area contributed by atoms with Gasteiger partial charge >= 0.3 is 0 Å². The van der Waals surface area contributed by atoms with Crippen molar-refractivity contribution in [2.45, 2.75) is 26.4 Å². The van der Waals surface area contributed by atoms with Crippen molar-refractivity contribution in [3.63, 3.8) is 0 Å². The van der Waals surface area contributed by atoms with Gasteiger partial charge in [-0.3, -0.25) is 14.6 Å². The Hall–Kier alpha value is -3.58. The maximum Gasteiger partial charge on any atom is 0.129 e. The minimum Gasteiger partial charge on any atom is -0.508 e. The van der Waals surface area contributed by atoms with Crippen molar-refractivity contribution in [3.8, 4) is 22.6 Å². The van der Waals surface area contributed by atoms with Crippen molar-refractivity contribution < 1.29 is 9.84 Å². The Balaban J connectivity index is 1.62. The normalized spacial score (nSPS) is 14.5. The van der Waals surface area contributed by atoms with E-state index in [2.05, 4.69) is 58.0 Å². The molecule has 7 heteroatoms. The van der Waals surface area contributed by atoms with Crippen molar-refractivity contribution in [1.82, 2.24) is 19.7 Å². The van der Waals surface area contributed by atoms with Gasteiger partial charge in [-0.1, -0.05) is 0 Å². The van der Waals surface area contributed by atoms with Gasteiger partial charge < -0.3 is 14.7 Å². The Morgan fingerprint density at radius 3 is 2.61 bits per heavy atom. The molecule has 0 unspecified atom stereocenters. The van der Waals surface area contributed by atoms with Crippen LogP contribution in [0.5, 0.6) is 11.5 Å². The van der Waals surface area contributed by atoms with Crippen molar-refractivity contribution >= 4 is 22.3 Å². The van der Waals surface area contributed by atoms with E-state index >= 15 is 0 Å². The Morgan fingerprint density at radius 2 is 1.88 bits per heavy atom. The van der Waals surface area contributed by atoms with Crippen LogP contribution in [-0.2, 0) is 13.6 Å². The number of aromatic nitrogens is 3. The van der Waals surface area contributed by atoms with Gasteiger partial charge in [-0.05, 0) is 38.1 Å². The zero-order valence-electron chi connectivity index (χ0n) is 19.5. The van der Waals surface area contributed by atoms with Crippen LogP contribution in [0.2, 0.25) is 0 Å². The molecule has 1 aliphatic rings. The van der Waals surface area contributed by atoms with Crippen LogP contribution in [0.3, 0.4) is 0 Å². The summed E-state index contributed by atoms with van der Waals surface area (Å²) in [7, 11) is 3.57. The van der Waals surface area contributed by atoms with E-state index in [4.69, 9.17) is 4.74 Å². The van der Waals surface area contributed by atoms with Gasteiger partial charge in [-0.2, -0.15) is 5.10 Å². The van der Waals surface area contributed by atoms with Crippen LogP contribution in [-0.4, -0.2) is 51.0 Å². The van der Waals surface area contributed by atoms with Crippen LogP contribution in [0.25, 0.3) is 22.0 Å². The number of methoxy groups -OCH3 is 1. The summed E-state index contributed by atoms with van der Waals surface area (Å²) in [6.45, 7) is 6.91. The lowest BCUT2D eigenvalue weighted by molar-refractivity contribution is 0.221. The number of fused-ring (bicyclic) bond motifs is 2. The number of phenolic OH excluding ortho intramolecular Hbond substituents is 1. The molecular formula is C26H29N5O2. The number of phenols is 1. The molecule has 0 atom stereocenters. The molecule has 0 amide bonds. The van der Waals surface area contributed by atoms with E-state index in [1.807, 2.05) is 31.7 Å². The number of rotatable bonds is 4. The van der Waals surface area contributed by atoms with Crippen LogP contribution < -0.4 is 9.64 Å². The quantitative estimate of drug-likeness (QED) is 0.493. The van der Waals surface area contributed by atoms with Gasteiger partial charge in [0.05, 0.1) is 24.5 Å². The predicted molar refractivity (Wildman–Crippen MR) is 131 cm³/mol. The highest BCUT2D eigenvalue weighted by Crippen LogP contribution is 2.40. The molecule has 1 N–H and O–H groups in total. The minimum atomic E-state index is 0.204. The van der Waals surface area contributed by atoms with E-state index in [-0.39, 0.29) is 5.75 Å². The molecule has 0 radical (unpaired) electrons. The van der Waals surface area contributed by atoms with Gasteiger partial charge in [0.15, 0.2) is 0 Å². The first-order valence-corrected chi connectivity index (χ1v) is 11.2. The number of hydrogen-bond donors (Lipinski definition) is 1. The fourth-order valence-corrected chi connectivity index (χ4v) is 4.55. The molecular weight excluding hydrogens is 414 g/mol. The van der Waals surface area contributed by atoms with Gasteiger partial charge in [0.1, 0.15) is 11.5 Å². The lowest BCUT2D eigenvalue weighted by Crippen LogP contribution is -2.34. The van der Waals surface area contributed by atoms with Crippen molar-refractivity contribution in [2.75, 3.05) is 25.1 Å². The summed E-state index contributed by atoms with van der Waals surface area (Å²) < 4.78 is 7.46. The average molecular weight is 444 g/mol. The molecule has 3 heterocycles. The highest BCUT2D eigenvalue weighted by atomic mass is 16.5. The molecule has 170 valence electrons. The van der Waals surface area contributed by atoms with Crippen molar-refractivity contribution in [3.05, 3.63) is 60.6 Å². The molecule has 5 rings (SSSR count). The van der Waals surface area contributed by atoms with Gasteiger partial charge in [0, 0.05) is 85.0 Å². The number of ether oxygens (including phenoxy) is 1. The van der Waals surface area contributed by atoms with E-state index in [1.165, 1.54) is 0 Å². The standard InChI is InChI=1S/C26H29N5O2/c1-17(2)30-7-8-31(25-11-22(32)12-26(33-4)23(25)16-30)21-5-6-24-18(10-21)9-19(13-27-24)20-14-28-29(3)15-20/h5-6,9-15,17,32H,7-8,16H2,1-4H3. The molecule has 0 spiro atoms. The van der Waals surface area contributed by atoms with Crippen LogP contribution in [0.1, 0.15) is 19.4 Å². The van der Waals surface area contributed by atoms with Gasteiger partial charge in [-0.25, -0.2) is 0 Å². The Kier molecular flexibility index (Phi) is 5.42. The fourth-order valence-electron chi connectivity index (χ4n) is 4.55. The summed E-state index contributed by atoms with van der Waals surface area (Å²) in [6, 6.07) is 12.4.